The monoisotopic (exact) mass is 270 g/mol. The lowest BCUT2D eigenvalue weighted by atomic mass is 10.2. The third kappa shape index (κ3) is 3.40. The molecule has 0 aliphatic heterocycles. The molecule has 0 saturated heterocycles. The first-order valence-electron chi connectivity index (χ1n) is 5.36. The molecule has 2 aromatic rings. The van der Waals surface area contributed by atoms with Crippen molar-refractivity contribution in [1.82, 2.24) is 4.98 Å². The summed E-state index contributed by atoms with van der Waals surface area (Å²) in [4.78, 5) is 4.20. The molecule has 0 amide bonds. The second-order valence-corrected chi connectivity index (χ2v) is 4.57. The molecule has 1 aromatic heterocycles. The lowest BCUT2D eigenvalue weighted by molar-refractivity contribution is -0.0498. The van der Waals surface area contributed by atoms with E-state index in [4.69, 9.17) is 0 Å². The molecule has 96 valence electrons. The standard InChI is InChI=1S/C12H12F2N2OS/c1-8(11-15-6-7-18-11)16-9-2-4-10(5-3-9)17-12(13)14/h2-8,12,16H,1H3. The predicted molar refractivity (Wildman–Crippen MR) is 67.2 cm³/mol. The molecule has 0 bridgehead atoms. The minimum Gasteiger partial charge on any atom is -0.435 e. The van der Waals surface area contributed by atoms with Gasteiger partial charge in [-0.1, -0.05) is 0 Å². The van der Waals surface area contributed by atoms with Gasteiger partial charge in [-0.25, -0.2) is 4.98 Å². The number of aromatic nitrogens is 1. The number of rotatable bonds is 5. The summed E-state index contributed by atoms with van der Waals surface area (Å²) in [5, 5.41) is 6.11. The number of halogens is 2. The molecule has 1 heterocycles. The second kappa shape index (κ2) is 5.77. The van der Waals surface area contributed by atoms with Crippen LogP contribution in [0.1, 0.15) is 18.0 Å². The Hall–Kier alpha value is -1.69. The molecule has 0 radical (unpaired) electrons. The lowest BCUT2D eigenvalue weighted by Gasteiger charge is -2.13. The number of nitrogens with zero attached hydrogens (tertiary/aromatic N) is 1. The maximum atomic E-state index is 12.0. The first-order chi connectivity index (χ1) is 8.65. The Kier molecular flexibility index (Phi) is 4.09. The van der Waals surface area contributed by atoms with Crippen LogP contribution in [0.15, 0.2) is 35.8 Å². The Bertz CT molecular complexity index is 473. The summed E-state index contributed by atoms with van der Waals surface area (Å²) < 4.78 is 28.2. The van der Waals surface area contributed by atoms with E-state index in [1.54, 1.807) is 29.7 Å². The minimum atomic E-state index is -2.79. The van der Waals surface area contributed by atoms with Crippen LogP contribution in [-0.2, 0) is 0 Å². The molecule has 0 aliphatic carbocycles. The summed E-state index contributed by atoms with van der Waals surface area (Å²) in [6, 6.07) is 6.47. The van der Waals surface area contributed by atoms with Crippen molar-refractivity contribution in [2.24, 2.45) is 0 Å². The van der Waals surface area contributed by atoms with Crippen molar-refractivity contribution >= 4 is 17.0 Å². The number of hydrogen-bond acceptors (Lipinski definition) is 4. The quantitative estimate of drug-likeness (QED) is 0.894. The topological polar surface area (TPSA) is 34.1 Å². The molecule has 18 heavy (non-hydrogen) atoms. The van der Waals surface area contributed by atoms with E-state index in [-0.39, 0.29) is 11.8 Å². The van der Waals surface area contributed by atoms with Crippen molar-refractivity contribution in [3.8, 4) is 5.75 Å². The fourth-order valence-corrected chi connectivity index (χ4v) is 2.14. The smallest absolute Gasteiger partial charge is 0.387 e. The van der Waals surface area contributed by atoms with E-state index in [0.29, 0.717) is 0 Å². The van der Waals surface area contributed by atoms with Gasteiger partial charge in [0.15, 0.2) is 0 Å². The van der Waals surface area contributed by atoms with Crippen LogP contribution in [0.5, 0.6) is 5.75 Å². The van der Waals surface area contributed by atoms with Gasteiger partial charge in [-0.3, -0.25) is 0 Å². The van der Waals surface area contributed by atoms with Crippen LogP contribution in [0, 0.1) is 0 Å². The average Bonchev–Trinajstić information content (AvgIpc) is 2.84. The zero-order valence-corrected chi connectivity index (χ0v) is 10.5. The largest absolute Gasteiger partial charge is 0.435 e. The van der Waals surface area contributed by atoms with E-state index < -0.39 is 6.61 Å². The third-order valence-corrected chi connectivity index (χ3v) is 3.24. The SMILES string of the molecule is CC(Nc1ccc(OC(F)F)cc1)c1nccs1. The number of hydrogen-bond donors (Lipinski definition) is 1. The van der Waals surface area contributed by atoms with Crippen LogP contribution in [-0.4, -0.2) is 11.6 Å². The summed E-state index contributed by atoms with van der Waals surface area (Å²) in [5.41, 5.74) is 0.833. The number of thiazole rings is 1. The van der Waals surface area contributed by atoms with Gasteiger partial charge in [0.2, 0.25) is 0 Å². The first-order valence-corrected chi connectivity index (χ1v) is 6.24. The van der Waals surface area contributed by atoms with Crippen molar-refractivity contribution in [2.45, 2.75) is 19.6 Å². The van der Waals surface area contributed by atoms with Gasteiger partial charge in [0.1, 0.15) is 10.8 Å². The van der Waals surface area contributed by atoms with Crippen molar-refractivity contribution in [3.63, 3.8) is 0 Å². The maximum Gasteiger partial charge on any atom is 0.387 e. The fourth-order valence-electron chi connectivity index (χ4n) is 1.49. The van der Waals surface area contributed by atoms with Gasteiger partial charge < -0.3 is 10.1 Å². The number of ether oxygens (including phenoxy) is 1. The third-order valence-electron chi connectivity index (χ3n) is 2.28. The Morgan fingerprint density at radius 3 is 2.56 bits per heavy atom. The highest BCUT2D eigenvalue weighted by Crippen LogP contribution is 2.23. The summed E-state index contributed by atoms with van der Waals surface area (Å²) in [5.74, 6) is 0.150. The van der Waals surface area contributed by atoms with Crippen LogP contribution in [0.3, 0.4) is 0 Å². The average molecular weight is 270 g/mol. The Balaban J connectivity index is 1.98. The van der Waals surface area contributed by atoms with Gasteiger partial charge in [0, 0.05) is 17.3 Å². The van der Waals surface area contributed by atoms with Gasteiger partial charge in [-0.05, 0) is 31.2 Å². The van der Waals surface area contributed by atoms with Crippen LogP contribution in [0.2, 0.25) is 0 Å². The minimum absolute atomic E-state index is 0.0758. The predicted octanol–water partition coefficient (Wildman–Crippen LogP) is 3.92. The first kappa shape index (κ1) is 12.8. The lowest BCUT2D eigenvalue weighted by Crippen LogP contribution is -2.06. The van der Waals surface area contributed by atoms with Gasteiger partial charge in [0.25, 0.3) is 0 Å². The molecule has 1 atom stereocenters. The number of nitrogens with one attached hydrogen (secondary N) is 1. The molecule has 0 spiro atoms. The van der Waals surface area contributed by atoms with Gasteiger partial charge in [-0.2, -0.15) is 8.78 Å². The number of benzene rings is 1. The van der Waals surface area contributed by atoms with Crippen LogP contribution >= 0.6 is 11.3 Å². The van der Waals surface area contributed by atoms with E-state index in [0.717, 1.165) is 10.7 Å². The van der Waals surface area contributed by atoms with E-state index in [1.807, 2.05) is 12.3 Å². The van der Waals surface area contributed by atoms with E-state index in [1.165, 1.54) is 12.1 Å². The van der Waals surface area contributed by atoms with Crippen molar-refractivity contribution < 1.29 is 13.5 Å². The highest BCUT2D eigenvalue weighted by atomic mass is 32.1. The Morgan fingerprint density at radius 1 is 1.28 bits per heavy atom. The number of alkyl halides is 2. The summed E-state index contributed by atoms with van der Waals surface area (Å²) in [6.07, 6.45) is 1.75. The van der Waals surface area contributed by atoms with Gasteiger partial charge >= 0.3 is 6.61 Å². The number of anilines is 1. The molecule has 1 aromatic carbocycles. The molecule has 1 unspecified atom stereocenters. The van der Waals surface area contributed by atoms with E-state index in [2.05, 4.69) is 15.0 Å². The summed E-state index contributed by atoms with van der Waals surface area (Å²) in [6.45, 7) is -0.805. The molecule has 0 saturated carbocycles. The van der Waals surface area contributed by atoms with Gasteiger partial charge in [0.05, 0.1) is 6.04 Å². The zero-order chi connectivity index (χ0) is 13.0. The van der Waals surface area contributed by atoms with Crippen LogP contribution in [0.25, 0.3) is 0 Å². The molecular formula is C12H12F2N2OS. The maximum absolute atomic E-state index is 12.0. The molecule has 0 fully saturated rings. The summed E-state index contributed by atoms with van der Waals surface area (Å²) in [7, 11) is 0. The molecule has 0 aliphatic rings. The zero-order valence-electron chi connectivity index (χ0n) is 9.64. The summed E-state index contributed by atoms with van der Waals surface area (Å²) >= 11 is 1.56. The van der Waals surface area contributed by atoms with Crippen molar-refractivity contribution in [2.75, 3.05) is 5.32 Å². The normalized spacial score (nSPS) is 12.4. The second-order valence-electron chi connectivity index (χ2n) is 3.64. The Morgan fingerprint density at radius 2 is 2.00 bits per heavy atom. The fraction of sp³-hybridized carbons (Fsp3) is 0.250. The molecule has 3 nitrogen and oxygen atoms in total. The van der Waals surface area contributed by atoms with Crippen LogP contribution in [0.4, 0.5) is 14.5 Å². The van der Waals surface area contributed by atoms with Crippen LogP contribution < -0.4 is 10.1 Å². The highest BCUT2D eigenvalue weighted by Gasteiger charge is 2.08. The van der Waals surface area contributed by atoms with Gasteiger partial charge in [-0.15, -0.1) is 11.3 Å². The Labute approximate surface area is 107 Å². The molecule has 1 N–H and O–H groups in total. The molecule has 2 rings (SSSR count). The van der Waals surface area contributed by atoms with E-state index in [9.17, 15) is 8.78 Å². The van der Waals surface area contributed by atoms with Crippen molar-refractivity contribution in [1.29, 1.82) is 0 Å². The molecule has 6 heteroatoms. The highest BCUT2D eigenvalue weighted by molar-refractivity contribution is 7.09. The van der Waals surface area contributed by atoms with E-state index >= 15 is 0 Å². The molecular weight excluding hydrogens is 258 g/mol. The van der Waals surface area contributed by atoms with Crippen molar-refractivity contribution in [3.05, 3.63) is 40.8 Å².